The first-order valence-corrected chi connectivity index (χ1v) is 18.3. The van der Waals surface area contributed by atoms with E-state index in [0.29, 0.717) is 5.56 Å². The summed E-state index contributed by atoms with van der Waals surface area (Å²) in [5.41, 5.74) is 5.18. The van der Waals surface area contributed by atoms with E-state index in [1.807, 2.05) is 63.4 Å². The molecule has 0 fully saturated rings. The van der Waals surface area contributed by atoms with Gasteiger partial charge in [0.15, 0.2) is 0 Å². The first kappa shape index (κ1) is 29.1. The van der Waals surface area contributed by atoms with Crippen molar-refractivity contribution in [3.05, 3.63) is 115 Å². The molecular weight excluding hydrogens is 725 g/mol. The molecule has 217 valence electrons. The molecule has 1 radical (unpaired) electrons. The summed E-state index contributed by atoms with van der Waals surface area (Å²) in [6.07, 6.45) is 2.27. The van der Waals surface area contributed by atoms with Crippen LogP contribution in [-0.4, -0.2) is 18.0 Å². The second-order valence-electron chi connectivity index (χ2n) is 12.5. The SMILES string of the molecule is C[Si](C)(C)c1ccc(-c2[c-]cccc2)nc1.[2H]C([2H])(c1ccnc(-c2[c-]ccc3c2sc2cc(C)ccc23)c1)C(C)(C)C.[Ir]. The van der Waals surface area contributed by atoms with Gasteiger partial charge in [-0.25, -0.2) is 0 Å². The molecule has 5 heteroatoms. The van der Waals surface area contributed by atoms with Crippen LogP contribution in [0.3, 0.4) is 0 Å². The van der Waals surface area contributed by atoms with Gasteiger partial charge in [0.1, 0.15) is 0 Å². The zero-order valence-electron chi connectivity index (χ0n) is 27.3. The summed E-state index contributed by atoms with van der Waals surface area (Å²) in [5.74, 6) is 0. The number of nitrogens with zero attached hydrogens (tertiary/aromatic N) is 2. The second-order valence-corrected chi connectivity index (χ2v) is 18.6. The largest absolute Gasteiger partial charge is 0.305 e. The maximum Gasteiger partial charge on any atom is 0.0795 e. The molecule has 0 amide bonds. The molecule has 2 nitrogen and oxygen atoms in total. The molecule has 0 bridgehead atoms. The van der Waals surface area contributed by atoms with Crippen molar-refractivity contribution in [3.63, 3.8) is 0 Å². The molecular formula is C37H38IrN2SSi-2. The van der Waals surface area contributed by atoms with E-state index in [9.17, 15) is 0 Å². The van der Waals surface area contributed by atoms with E-state index in [1.54, 1.807) is 23.6 Å². The van der Waals surface area contributed by atoms with Crippen LogP contribution in [0.15, 0.2) is 91.3 Å². The minimum atomic E-state index is -1.45. The van der Waals surface area contributed by atoms with Crippen LogP contribution in [0, 0.1) is 24.5 Å². The monoisotopic (exact) mass is 765 g/mol. The average Bonchev–Trinajstić information content (AvgIpc) is 3.35. The number of fused-ring (bicyclic) bond motifs is 3. The summed E-state index contributed by atoms with van der Waals surface area (Å²) < 4.78 is 19.6. The Hall–Kier alpha value is -2.95. The Morgan fingerprint density at radius 2 is 1.67 bits per heavy atom. The maximum absolute atomic E-state index is 8.58. The van der Waals surface area contributed by atoms with Crippen LogP contribution in [-0.2, 0) is 26.5 Å². The van der Waals surface area contributed by atoms with Crippen LogP contribution < -0.4 is 5.19 Å². The Balaban J connectivity index is 0.000000223. The molecule has 0 aliphatic carbocycles. The van der Waals surface area contributed by atoms with Gasteiger partial charge in [-0.15, -0.1) is 59.7 Å². The van der Waals surface area contributed by atoms with Crippen LogP contribution >= 0.6 is 11.3 Å². The molecule has 0 atom stereocenters. The fourth-order valence-electron chi connectivity index (χ4n) is 4.67. The number of aryl methyl sites for hydroxylation is 1. The fourth-order valence-corrected chi connectivity index (χ4v) is 7.01. The van der Waals surface area contributed by atoms with E-state index in [-0.39, 0.29) is 20.1 Å². The third kappa shape index (κ3) is 7.70. The smallest absolute Gasteiger partial charge is 0.0795 e. The van der Waals surface area contributed by atoms with Gasteiger partial charge in [-0.3, -0.25) is 0 Å². The van der Waals surface area contributed by atoms with E-state index in [2.05, 4.69) is 85.1 Å². The molecule has 6 rings (SSSR count). The van der Waals surface area contributed by atoms with Crippen molar-refractivity contribution in [3.8, 4) is 22.5 Å². The van der Waals surface area contributed by atoms with Crippen molar-refractivity contribution in [1.82, 2.24) is 9.97 Å². The van der Waals surface area contributed by atoms with Crippen LogP contribution in [0.5, 0.6) is 0 Å². The zero-order valence-corrected chi connectivity index (χ0v) is 29.5. The minimum Gasteiger partial charge on any atom is -0.305 e. The summed E-state index contributed by atoms with van der Waals surface area (Å²) >= 11 is 1.75. The number of pyridine rings is 2. The predicted molar refractivity (Wildman–Crippen MR) is 181 cm³/mol. The van der Waals surface area contributed by atoms with Gasteiger partial charge in [-0.05, 0) is 63.1 Å². The Bertz CT molecular complexity index is 1870. The molecule has 0 spiro atoms. The molecule has 0 aliphatic rings. The van der Waals surface area contributed by atoms with E-state index < -0.39 is 19.9 Å². The zero-order chi connectivity index (χ0) is 31.0. The number of hydrogen-bond donors (Lipinski definition) is 0. The van der Waals surface area contributed by atoms with Gasteiger partial charge in [-0.1, -0.05) is 81.7 Å². The van der Waals surface area contributed by atoms with E-state index in [4.69, 9.17) is 2.74 Å². The van der Waals surface area contributed by atoms with Gasteiger partial charge in [0.25, 0.3) is 0 Å². The molecule has 0 saturated heterocycles. The second kappa shape index (κ2) is 13.1. The normalized spacial score (nSPS) is 12.6. The topological polar surface area (TPSA) is 25.8 Å². The van der Waals surface area contributed by atoms with Crippen LogP contribution in [0.4, 0.5) is 0 Å². The first-order chi connectivity index (χ1) is 20.3. The fraction of sp³-hybridized carbons (Fsp3) is 0.243. The molecule has 0 saturated carbocycles. The quantitative estimate of drug-likeness (QED) is 0.132. The molecule has 3 heterocycles. The molecule has 0 N–H and O–H groups in total. The summed E-state index contributed by atoms with van der Waals surface area (Å²) in [7, 11) is -1.23. The molecule has 3 aromatic carbocycles. The first-order valence-electron chi connectivity index (χ1n) is 15.0. The van der Waals surface area contributed by atoms with Crippen molar-refractivity contribution < 1.29 is 22.8 Å². The van der Waals surface area contributed by atoms with Crippen molar-refractivity contribution in [2.24, 2.45) is 5.41 Å². The van der Waals surface area contributed by atoms with Gasteiger partial charge >= 0.3 is 0 Å². The van der Waals surface area contributed by atoms with Gasteiger partial charge in [0.05, 0.1) is 8.07 Å². The Morgan fingerprint density at radius 1 is 0.857 bits per heavy atom. The van der Waals surface area contributed by atoms with Gasteiger partial charge < -0.3 is 9.97 Å². The maximum atomic E-state index is 8.58. The van der Waals surface area contributed by atoms with Crippen molar-refractivity contribution in [2.45, 2.75) is 53.7 Å². The van der Waals surface area contributed by atoms with Crippen molar-refractivity contribution in [2.75, 3.05) is 0 Å². The van der Waals surface area contributed by atoms with E-state index >= 15 is 0 Å². The molecule has 0 unspecified atom stereocenters. The van der Waals surface area contributed by atoms with Crippen LogP contribution in [0.1, 0.15) is 34.6 Å². The Kier molecular flexibility index (Phi) is 9.11. The Morgan fingerprint density at radius 3 is 2.33 bits per heavy atom. The average molecular weight is 765 g/mol. The van der Waals surface area contributed by atoms with Gasteiger partial charge in [0, 0.05) is 39.9 Å². The third-order valence-corrected chi connectivity index (χ3v) is 9.95. The van der Waals surface area contributed by atoms with Crippen LogP contribution in [0.2, 0.25) is 19.6 Å². The standard InChI is InChI=1S/C23H22NS.C14H16NSi.Ir/c1-15-8-9-17-18-6-5-7-19(22(18)25-21(17)12-15)20-13-16(10-11-24-20)14-23(2,3)4;1-16(2,3)13-9-10-14(15-11-13)12-7-5-4-6-8-12;/h5-6,8-13H,14H2,1-4H3;4-7,9-11H,1-3H3;/q2*-1;/i14D2;;. The number of rotatable bonds is 4. The molecule has 3 aromatic heterocycles. The van der Waals surface area contributed by atoms with E-state index in [0.717, 1.165) is 27.2 Å². The van der Waals surface area contributed by atoms with Gasteiger partial charge in [0.2, 0.25) is 0 Å². The van der Waals surface area contributed by atoms with Gasteiger partial charge in [-0.2, -0.15) is 11.3 Å². The minimum absolute atomic E-state index is 0. The summed E-state index contributed by atoms with van der Waals surface area (Å²) in [6.45, 7) is 14.9. The predicted octanol–water partition coefficient (Wildman–Crippen LogP) is 9.91. The molecule has 0 aliphatic heterocycles. The number of hydrogen-bond acceptors (Lipinski definition) is 3. The molecule has 42 heavy (non-hydrogen) atoms. The van der Waals surface area contributed by atoms with E-state index in [1.165, 1.54) is 26.2 Å². The molecule has 6 aromatic rings. The third-order valence-electron chi connectivity index (χ3n) is 6.74. The Labute approximate surface area is 272 Å². The summed E-state index contributed by atoms with van der Waals surface area (Å²) in [4.78, 5) is 9.07. The van der Waals surface area contributed by atoms with Crippen LogP contribution in [0.25, 0.3) is 42.7 Å². The summed E-state index contributed by atoms with van der Waals surface area (Å²) in [6, 6.07) is 33.0. The number of benzene rings is 3. The van der Waals surface area contributed by atoms with Crippen molar-refractivity contribution in [1.29, 1.82) is 0 Å². The summed E-state index contributed by atoms with van der Waals surface area (Å²) in [5, 5.41) is 3.85. The number of aromatic nitrogens is 2. The number of thiophene rings is 1. The van der Waals surface area contributed by atoms with Crippen molar-refractivity contribution >= 4 is 44.8 Å².